The fourth-order valence-corrected chi connectivity index (χ4v) is 2.96. The zero-order valence-corrected chi connectivity index (χ0v) is 15.4. The van der Waals surface area contributed by atoms with E-state index in [1.54, 1.807) is 0 Å². The molecule has 0 aromatic heterocycles. The molecule has 1 N–H and O–H groups in total. The van der Waals surface area contributed by atoms with Crippen LogP contribution >= 0.6 is 0 Å². The third-order valence-corrected chi connectivity index (χ3v) is 4.43. The molecule has 5 nitrogen and oxygen atoms in total. The second kappa shape index (κ2) is 8.92. The van der Waals surface area contributed by atoms with E-state index >= 15 is 0 Å². The largest absolute Gasteiger partial charge is 0.492 e. The van der Waals surface area contributed by atoms with Gasteiger partial charge in [-0.05, 0) is 31.9 Å². The molecule has 1 aliphatic heterocycles. The Morgan fingerprint density at radius 3 is 2.46 bits per heavy atom. The minimum Gasteiger partial charge on any atom is -0.492 e. The predicted molar refractivity (Wildman–Crippen MR) is 98.7 cm³/mol. The number of hydrogen-bond acceptors (Lipinski definition) is 4. The third kappa shape index (κ3) is 4.87. The Labute approximate surface area is 146 Å². The summed E-state index contributed by atoms with van der Waals surface area (Å²) in [5.41, 5.74) is 1.15. The molecule has 134 valence electrons. The van der Waals surface area contributed by atoms with Gasteiger partial charge in [0.2, 0.25) is 5.91 Å². The van der Waals surface area contributed by atoms with Crippen LogP contribution in [0, 0.1) is 5.92 Å². The van der Waals surface area contributed by atoms with Crippen LogP contribution in [0.1, 0.15) is 27.7 Å². The molecule has 0 unspecified atom stereocenters. The Kier molecular flexibility index (Phi) is 6.91. The highest BCUT2D eigenvalue weighted by molar-refractivity contribution is 5.81. The molecule has 24 heavy (non-hydrogen) atoms. The molecule has 1 amide bonds. The Balaban J connectivity index is 1.90. The number of piperazine rings is 1. The second-order valence-corrected chi connectivity index (χ2v) is 6.74. The summed E-state index contributed by atoms with van der Waals surface area (Å²) in [7, 11) is 0. The van der Waals surface area contributed by atoms with E-state index in [1.807, 2.05) is 32.0 Å². The van der Waals surface area contributed by atoms with Gasteiger partial charge in [-0.2, -0.15) is 0 Å². The van der Waals surface area contributed by atoms with Gasteiger partial charge in [-0.1, -0.05) is 26.0 Å². The van der Waals surface area contributed by atoms with E-state index in [9.17, 15) is 4.79 Å². The maximum Gasteiger partial charge on any atom is 0.237 e. The van der Waals surface area contributed by atoms with E-state index in [2.05, 4.69) is 35.0 Å². The first-order valence-electron chi connectivity index (χ1n) is 9.01. The van der Waals surface area contributed by atoms with Gasteiger partial charge in [0.25, 0.3) is 0 Å². The highest BCUT2D eigenvalue weighted by atomic mass is 16.5. The summed E-state index contributed by atoms with van der Waals surface area (Å²) in [6.07, 6.45) is 0. The molecule has 1 aliphatic rings. The van der Waals surface area contributed by atoms with Gasteiger partial charge in [-0.25, -0.2) is 0 Å². The van der Waals surface area contributed by atoms with Crippen LogP contribution in [0.15, 0.2) is 24.3 Å². The van der Waals surface area contributed by atoms with Crippen LogP contribution in [-0.4, -0.2) is 56.2 Å². The van der Waals surface area contributed by atoms with E-state index in [-0.39, 0.29) is 11.9 Å². The van der Waals surface area contributed by atoms with E-state index in [0.29, 0.717) is 12.5 Å². The fourth-order valence-electron chi connectivity index (χ4n) is 2.96. The summed E-state index contributed by atoms with van der Waals surface area (Å²) in [5, 5.41) is 3.03. The minimum absolute atomic E-state index is 0.0759. The average Bonchev–Trinajstić information content (AvgIpc) is 2.60. The lowest BCUT2D eigenvalue weighted by Gasteiger charge is -2.39. The molecule has 1 heterocycles. The molecule has 1 atom stereocenters. The second-order valence-electron chi connectivity index (χ2n) is 6.74. The minimum atomic E-state index is -0.0759. The lowest BCUT2D eigenvalue weighted by Crippen LogP contribution is -2.54. The van der Waals surface area contributed by atoms with Crippen LogP contribution in [0.2, 0.25) is 0 Å². The van der Waals surface area contributed by atoms with Crippen LogP contribution in [-0.2, 0) is 4.79 Å². The number of para-hydroxylation sites is 2. The molecule has 0 radical (unpaired) electrons. The van der Waals surface area contributed by atoms with Crippen LogP contribution in [0.5, 0.6) is 5.75 Å². The number of benzene rings is 1. The van der Waals surface area contributed by atoms with E-state index in [1.165, 1.54) is 0 Å². The standard InChI is InChI=1S/C19H31N3O2/c1-5-24-18-9-7-6-8-17(18)22-12-10-21(11-13-22)16(4)19(23)20-14-15(2)3/h6-9,15-16H,5,10-14H2,1-4H3,(H,20,23)/t16-/m1/s1. The summed E-state index contributed by atoms with van der Waals surface area (Å²) in [6, 6.07) is 8.11. The third-order valence-electron chi connectivity index (χ3n) is 4.43. The SMILES string of the molecule is CCOc1ccccc1N1CCN([C@H](C)C(=O)NCC(C)C)CC1. The van der Waals surface area contributed by atoms with Crippen LogP contribution < -0.4 is 15.0 Å². The summed E-state index contributed by atoms with van der Waals surface area (Å²) < 4.78 is 5.74. The normalized spacial score (nSPS) is 17.0. The lowest BCUT2D eigenvalue weighted by atomic mass is 10.1. The molecule has 1 aromatic carbocycles. The first-order valence-corrected chi connectivity index (χ1v) is 9.01. The van der Waals surface area contributed by atoms with Gasteiger partial charge < -0.3 is 15.0 Å². The number of hydrogen-bond donors (Lipinski definition) is 1. The van der Waals surface area contributed by atoms with Crippen molar-refractivity contribution in [2.24, 2.45) is 5.92 Å². The van der Waals surface area contributed by atoms with Crippen molar-refractivity contribution in [3.8, 4) is 5.75 Å². The Hall–Kier alpha value is -1.75. The maximum atomic E-state index is 12.3. The molecule has 0 saturated carbocycles. The number of nitrogens with one attached hydrogen (secondary N) is 1. The van der Waals surface area contributed by atoms with Crippen molar-refractivity contribution >= 4 is 11.6 Å². The Morgan fingerprint density at radius 1 is 1.17 bits per heavy atom. The first-order chi connectivity index (χ1) is 11.5. The molecule has 0 aliphatic carbocycles. The average molecular weight is 333 g/mol. The zero-order valence-electron chi connectivity index (χ0n) is 15.4. The van der Waals surface area contributed by atoms with Crippen LogP contribution in [0.3, 0.4) is 0 Å². The number of carbonyl (C=O) groups is 1. The topological polar surface area (TPSA) is 44.8 Å². The molecule has 1 fully saturated rings. The molecule has 0 bridgehead atoms. The van der Waals surface area contributed by atoms with Gasteiger partial charge in [0.15, 0.2) is 0 Å². The number of nitrogens with zero attached hydrogens (tertiary/aromatic N) is 2. The molecule has 1 aromatic rings. The molecule has 5 heteroatoms. The molecule has 2 rings (SSSR count). The highest BCUT2D eigenvalue weighted by Crippen LogP contribution is 2.29. The Bertz CT molecular complexity index is 525. The van der Waals surface area contributed by atoms with Crippen molar-refractivity contribution in [2.75, 3.05) is 44.2 Å². The predicted octanol–water partition coefficient (Wildman–Crippen LogP) is 2.37. The number of anilines is 1. The quantitative estimate of drug-likeness (QED) is 0.832. The summed E-state index contributed by atoms with van der Waals surface area (Å²) in [6.45, 7) is 13.2. The van der Waals surface area contributed by atoms with Gasteiger partial charge in [0.05, 0.1) is 18.3 Å². The van der Waals surface area contributed by atoms with E-state index in [4.69, 9.17) is 4.74 Å². The van der Waals surface area contributed by atoms with Crippen molar-refractivity contribution < 1.29 is 9.53 Å². The molecule has 0 spiro atoms. The fraction of sp³-hybridized carbons (Fsp3) is 0.632. The molecular formula is C19H31N3O2. The number of amides is 1. The number of rotatable bonds is 7. The number of carbonyl (C=O) groups excluding carboxylic acids is 1. The van der Waals surface area contributed by atoms with Crippen molar-refractivity contribution in [3.63, 3.8) is 0 Å². The molecular weight excluding hydrogens is 302 g/mol. The number of ether oxygens (including phenoxy) is 1. The van der Waals surface area contributed by atoms with Gasteiger partial charge in [0, 0.05) is 32.7 Å². The lowest BCUT2D eigenvalue weighted by molar-refractivity contribution is -0.126. The van der Waals surface area contributed by atoms with Gasteiger partial charge in [0.1, 0.15) is 5.75 Å². The smallest absolute Gasteiger partial charge is 0.237 e. The van der Waals surface area contributed by atoms with Crippen molar-refractivity contribution in [3.05, 3.63) is 24.3 Å². The monoisotopic (exact) mass is 333 g/mol. The summed E-state index contributed by atoms with van der Waals surface area (Å²) in [5.74, 6) is 1.55. The maximum absolute atomic E-state index is 12.3. The van der Waals surface area contributed by atoms with E-state index < -0.39 is 0 Å². The highest BCUT2D eigenvalue weighted by Gasteiger charge is 2.26. The van der Waals surface area contributed by atoms with Crippen LogP contribution in [0.25, 0.3) is 0 Å². The van der Waals surface area contributed by atoms with Crippen molar-refractivity contribution in [1.82, 2.24) is 10.2 Å². The first kappa shape index (κ1) is 18.6. The van der Waals surface area contributed by atoms with Crippen molar-refractivity contribution in [2.45, 2.75) is 33.7 Å². The molecule has 1 saturated heterocycles. The van der Waals surface area contributed by atoms with Gasteiger partial charge in [-0.3, -0.25) is 9.69 Å². The Morgan fingerprint density at radius 2 is 1.83 bits per heavy atom. The van der Waals surface area contributed by atoms with Gasteiger partial charge >= 0.3 is 0 Å². The summed E-state index contributed by atoms with van der Waals surface area (Å²) in [4.78, 5) is 16.9. The van der Waals surface area contributed by atoms with Crippen LogP contribution in [0.4, 0.5) is 5.69 Å². The zero-order chi connectivity index (χ0) is 17.5. The van der Waals surface area contributed by atoms with Crippen molar-refractivity contribution in [1.29, 1.82) is 0 Å². The van der Waals surface area contributed by atoms with Gasteiger partial charge in [-0.15, -0.1) is 0 Å². The summed E-state index contributed by atoms with van der Waals surface area (Å²) >= 11 is 0. The van der Waals surface area contributed by atoms with E-state index in [0.717, 1.165) is 44.2 Å².